The molecule has 6 heteroatoms. The molecule has 4 fully saturated rings. The van der Waals surface area contributed by atoms with Crippen LogP contribution in [0.5, 0.6) is 0 Å². The standard InChI is InChI=1S/C25H34N2O2S2/c1-13-12-16(30-19-17(28)14-8-10-24(19,6)22(14,2)3)27-21(26-13)31-20-18(29)15-9-11-25(20,7)23(15,4)5/h12,14-15,19-20H,8-11H2,1-7H3/t14-,15-,19-,20+,24-,25-/m1/s1. The zero-order valence-electron chi connectivity index (χ0n) is 19.7. The van der Waals surface area contributed by atoms with Crippen LogP contribution in [0.3, 0.4) is 0 Å². The van der Waals surface area contributed by atoms with Crippen LogP contribution in [0, 0.1) is 40.4 Å². The molecule has 5 rings (SSSR count). The van der Waals surface area contributed by atoms with Crippen LogP contribution in [0.15, 0.2) is 16.2 Å². The van der Waals surface area contributed by atoms with Gasteiger partial charge in [-0.2, -0.15) is 0 Å². The van der Waals surface area contributed by atoms with Crippen LogP contribution in [0.4, 0.5) is 0 Å². The van der Waals surface area contributed by atoms with Crippen molar-refractivity contribution in [3.05, 3.63) is 11.8 Å². The summed E-state index contributed by atoms with van der Waals surface area (Å²) in [6, 6.07) is 2.00. The van der Waals surface area contributed by atoms with Crippen LogP contribution in [0.1, 0.15) is 72.9 Å². The molecule has 4 aliphatic carbocycles. The third-order valence-electron chi connectivity index (χ3n) is 10.2. The minimum atomic E-state index is -0.0820. The molecule has 0 saturated heterocycles. The van der Waals surface area contributed by atoms with Gasteiger partial charge in [-0.3, -0.25) is 9.59 Å². The molecule has 1 aromatic rings. The van der Waals surface area contributed by atoms with E-state index >= 15 is 0 Å². The molecule has 0 radical (unpaired) electrons. The summed E-state index contributed by atoms with van der Waals surface area (Å²) in [5.41, 5.74) is 0.956. The summed E-state index contributed by atoms with van der Waals surface area (Å²) < 4.78 is 0. The lowest BCUT2D eigenvalue weighted by Crippen LogP contribution is -2.36. The van der Waals surface area contributed by atoms with Crippen LogP contribution >= 0.6 is 23.5 Å². The molecule has 1 heterocycles. The number of hydrogen-bond donors (Lipinski definition) is 0. The van der Waals surface area contributed by atoms with Crippen LogP contribution < -0.4 is 0 Å². The van der Waals surface area contributed by atoms with Crippen LogP contribution in [-0.4, -0.2) is 32.0 Å². The van der Waals surface area contributed by atoms with Crippen LogP contribution in [-0.2, 0) is 9.59 Å². The van der Waals surface area contributed by atoms with Crippen molar-refractivity contribution < 1.29 is 9.59 Å². The smallest absolute Gasteiger partial charge is 0.189 e. The molecule has 1 aromatic heterocycles. The highest BCUT2D eigenvalue weighted by Gasteiger charge is 2.67. The number of Topliss-reactive ketones (excluding diaryl/α,β-unsaturated/α-hetero) is 2. The number of nitrogens with zero attached hydrogens (tertiary/aromatic N) is 2. The maximum Gasteiger partial charge on any atom is 0.189 e. The summed E-state index contributed by atoms with van der Waals surface area (Å²) >= 11 is 3.18. The zero-order valence-corrected chi connectivity index (χ0v) is 21.4. The summed E-state index contributed by atoms with van der Waals surface area (Å²) in [5.74, 6) is 1.09. The van der Waals surface area contributed by atoms with Crippen molar-refractivity contribution in [1.29, 1.82) is 0 Å². The summed E-state index contributed by atoms with van der Waals surface area (Å²) in [4.78, 5) is 35.9. The molecule has 31 heavy (non-hydrogen) atoms. The average molecular weight is 459 g/mol. The Kier molecular flexibility index (Phi) is 4.66. The van der Waals surface area contributed by atoms with Gasteiger partial charge in [0.25, 0.3) is 0 Å². The predicted molar refractivity (Wildman–Crippen MR) is 125 cm³/mol. The Labute approximate surface area is 194 Å². The summed E-state index contributed by atoms with van der Waals surface area (Å²) in [6.45, 7) is 15.6. The molecule has 0 aliphatic heterocycles. The number of carbonyl (C=O) groups is 2. The Morgan fingerprint density at radius 1 is 0.806 bits per heavy atom. The summed E-state index contributed by atoms with van der Waals surface area (Å²) in [6.07, 6.45) is 4.22. The highest BCUT2D eigenvalue weighted by Crippen LogP contribution is 2.68. The van der Waals surface area contributed by atoms with E-state index in [1.54, 1.807) is 23.5 Å². The Morgan fingerprint density at radius 3 is 1.74 bits per heavy atom. The topological polar surface area (TPSA) is 59.9 Å². The first-order valence-electron chi connectivity index (χ1n) is 11.6. The molecule has 0 amide bonds. The van der Waals surface area contributed by atoms with Gasteiger partial charge in [-0.1, -0.05) is 65.1 Å². The Hall–Kier alpha value is -0.880. The fourth-order valence-corrected chi connectivity index (χ4v) is 10.4. The average Bonchev–Trinajstić information content (AvgIpc) is 3.14. The molecule has 0 aromatic carbocycles. The van der Waals surface area contributed by atoms with Crippen molar-refractivity contribution in [1.82, 2.24) is 9.97 Å². The highest BCUT2D eigenvalue weighted by molar-refractivity contribution is 8.01. The molecular formula is C25H34N2O2S2. The maximum atomic E-state index is 13.2. The van der Waals surface area contributed by atoms with Crippen molar-refractivity contribution in [2.24, 2.45) is 33.5 Å². The minimum absolute atomic E-state index is 0.00362. The second kappa shape index (κ2) is 6.59. The van der Waals surface area contributed by atoms with Crippen LogP contribution in [0.2, 0.25) is 0 Å². The van der Waals surface area contributed by atoms with Gasteiger partial charge in [0.2, 0.25) is 0 Å². The van der Waals surface area contributed by atoms with E-state index in [0.29, 0.717) is 16.7 Å². The third kappa shape index (κ3) is 2.70. The molecule has 0 N–H and O–H groups in total. The predicted octanol–water partition coefficient (Wildman–Crippen LogP) is 5.76. The number of hydrogen-bond acceptors (Lipinski definition) is 6. The SMILES string of the molecule is Cc1cc(S[C@@H]2C(=O)[C@H]3CC[C@@]2(C)C3(C)C)nc(S[C@H]2C(=O)[C@H]3CC[C@@]2(C)C3(C)C)n1. The highest BCUT2D eigenvalue weighted by atomic mass is 32.2. The van der Waals surface area contributed by atoms with Crippen molar-refractivity contribution >= 4 is 35.1 Å². The molecule has 6 atom stereocenters. The maximum absolute atomic E-state index is 13.2. The van der Waals surface area contributed by atoms with E-state index in [0.717, 1.165) is 36.4 Å². The van der Waals surface area contributed by atoms with Crippen molar-refractivity contribution in [2.45, 2.75) is 94.8 Å². The van der Waals surface area contributed by atoms with Crippen molar-refractivity contribution in [2.75, 3.05) is 0 Å². The van der Waals surface area contributed by atoms with E-state index in [2.05, 4.69) is 46.5 Å². The molecule has 168 valence electrons. The molecular weight excluding hydrogens is 424 g/mol. The van der Waals surface area contributed by atoms with Gasteiger partial charge in [0.15, 0.2) is 5.16 Å². The van der Waals surface area contributed by atoms with E-state index in [4.69, 9.17) is 4.98 Å². The van der Waals surface area contributed by atoms with Gasteiger partial charge < -0.3 is 0 Å². The quantitative estimate of drug-likeness (QED) is 0.422. The van der Waals surface area contributed by atoms with Gasteiger partial charge >= 0.3 is 0 Å². The summed E-state index contributed by atoms with van der Waals surface area (Å²) in [5, 5.41) is 1.43. The lowest BCUT2D eigenvalue weighted by Gasteiger charge is -2.37. The largest absolute Gasteiger partial charge is 0.298 e. The molecule has 0 unspecified atom stereocenters. The van der Waals surface area contributed by atoms with Crippen molar-refractivity contribution in [3.8, 4) is 0 Å². The fourth-order valence-electron chi connectivity index (χ4n) is 7.21. The fraction of sp³-hybridized carbons (Fsp3) is 0.760. The third-order valence-corrected chi connectivity index (χ3v) is 13.0. The van der Waals surface area contributed by atoms with E-state index < -0.39 is 0 Å². The number of carbonyl (C=O) groups excluding carboxylic acids is 2. The first-order chi connectivity index (χ1) is 14.3. The van der Waals surface area contributed by atoms with Gasteiger partial charge in [0.1, 0.15) is 16.6 Å². The number of fused-ring (bicyclic) bond motifs is 4. The lowest BCUT2D eigenvalue weighted by atomic mass is 9.71. The first kappa shape index (κ1) is 21.9. The zero-order chi connectivity index (χ0) is 22.6. The number of rotatable bonds is 4. The van der Waals surface area contributed by atoms with Gasteiger partial charge in [-0.15, -0.1) is 0 Å². The van der Waals surface area contributed by atoms with E-state index in [1.807, 2.05) is 13.0 Å². The Balaban J connectivity index is 1.42. The van der Waals surface area contributed by atoms with Gasteiger partial charge in [-0.05, 0) is 60.3 Å². The lowest BCUT2D eigenvalue weighted by molar-refractivity contribution is -0.123. The van der Waals surface area contributed by atoms with Gasteiger partial charge in [0, 0.05) is 17.5 Å². The molecule has 0 spiro atoms. The number of aryl methyl sites for hydroxylation is 1. The molecule has 4 bridgehead atoms. The van der Waals surface area contributed by atoms with E-state index in [9.17, 15) is 9.59 Å². The van der Waals surface area contributed by atoms with Crippen LogP contribution in [0.25, 0.3) is 0 Å². The molecule has 4 aliphatic rings. The number of ketones is 2. The van der Waals surface area contributed by atoms with Crippen molar-refractivity contribution in [3.63, 3.8) is 0 Å². The Morgan fingerprint density at radius 2 is 1.29 bits per heavy atom. The van der Waals surface area contributed by atoms with Gasteiger partial charge in [-0.25, -0.2) is 9.97 Å². The molecule has 4 saturated carbocycles. The first-order valence-corrected chi connectivity index (χ1v) is 13.4. The van der Waals surface area contributed by atoms with Gasteiger partial charge in [0.05, 0.1) is 10.5 Å². The number of aromatic nitrogens is 2. The molecule has 4 nitrogen and oxygen atoms in total. The van der Waals surface area contributed by atoms with E-state index in [-0.39, 0.29) is 44.0 Å². The second-order valence-electron chi connectivity index (χ2n) is 11.9. The summed E-state index contributed by atoms with van der Waals surface area (Å²) in [7, 11) is 0. The minimum Gasteiger partial charge on any atom is -0.298 e. The normalized spacial score (nSPS) is 42.0. The monoisotopic (exact) mass is 458 g/mol. The van der Waals surface area contributed by atoms with E-state index in [1.165, 1.54) is 0 Å². The Bertz CT molecular complexity index is 915. The number of thioether (sulfide) groups is 2. The second-order valence-corrected chi connectivity index (χ2v) is 14.1.